The molecule has 3 nitrogen and oxygen atoms in total. The molecule has 0 saturated carbocycles. The van der Waals surface area contributed by atoms with Crippen molar-refractivity contribution in [2.75, 3.05) is 6.54 Å². The minimum Gasteiger partial charge on any atom is -0.444 e. The Labute approximate surface area is 114 Å². The molecule has 2 aromatic rings. The van der Waals surface area contributed by atoms with Crippen molar-refractivity contribution in [1.82, 2.24) is 10.3 Å². The lowest BCUT2D eigenvalue weighted by atomic mass is 10.2. The van der Waals surface area contributed by atoms with Gasteiger partial charge in [-0.05, 0) is 47.1 Å². The summed E-state index contributed by atoms with van der Waals surface area (Å²) in [5.74, 6) is 0.117. The largest absolute Gasteiger partial charge is 0.444 e. The fraction of sp³-hybridized carbons (Fsp3) is 0.308. The van der Waals surface area contributed by atoms with E-state index >= 15 is 0 Å². The highest BCUT2D eigenvalue weighted by Crippen LogP contribution is 2.23. The second-order valence-electron chi connectivity index (χ2n) is 3.95. The van der Waals surface area contributed by atoms with Gasteiger partial charge in [0.25, 0.3) is 0 Å². The topological polar surface area (TPSA) is 38.1 Å². The standard InChI is InChI=1S/C13H14BrFN2O/c1-2-5-16-7-10-8-18-13(17-10)9-3-4-11(14)12(15)6-9/h3-4,6,8,16H,2,5,7H2,1H3. The number of hydrogen-bond donors (Lipinski definition) is 1. The maximum atomic E-state index is 13.4. The van der Waals surface area contributed by atoms with Crippen LogP contribution >= 0.6 is 15.9 Å². The molecule has 0 bridgehead atoms. The highest BCUT2D eigenvalue weighted by atomic mass is 79.9. The van der Waals surface area contributed by atoms with Gasteiger partial charge in [0, 0.05) is 12.1 Å². The zero-order valence-corrected chi connectivity index (χ0v) is 11.6. The summed E-state index contributed by atoms with van der Waals surface area (Å²) in [5, 5.41) is 3.23. The summed E-state index contributed by atoms with van der Waals surface area (Å²) >= 11 is 3.11. The summed E-state index contributed by atoms with van der Waals surface area (Å²) in [4.78, 5) is 4.31. The number of nitrogens with one attached hydrogen (secondary N) is 1. The van der Waals surface area contributed by atoms with Crippen LogP contribution in [0.1, 0.15) is 19.0 Å². The van der Waals surface area contributed by atoms with Crippen LogP contribution in [0.15, 0.2) is 33.4 Å². The maximum absolute atomic E-state index is 13.4. The highest BCUT2D eigenvalue weighted by Gasteiger charge is 2.08. The van der Waals surface area contributed by atoms with E-state index in [1.165, 1.54) is 6.07 Å². The molecule has 1 N–H and O–H groups in total. The Morgan fingerprint density at radius 2 is 2.28 bits per heavy atom. The molecular weight excluding hydrogens is 299 g/mol. The number of halogens is 2. The molecule has 0 unspecified atom stereocenters. The summed E-state index contributed by atoms with van der Waals surface area (Å²) < 4.78 is 19.2. The van der Waals surface area contributed by atoms with Crippen LogP contribution in [0, 0.1) is 5.82 Å². The number of rotatable bonds is 5. The number of oxazole rings is 1. The van der Waals surface area contributed by atoms with Crippen molar-refractivity contribution in [2.24, 2.45) is 0 Å². The minimum absolute atomic E-state index is 0.323. The zero-order valence-electron chi connectivity index (χ0n) is 10.0. The van der Waals surface area contributed by atoms with Gasteiger partial charge in [0.05, 0.1) is 10.2 Å². The smallest absolute Gasteiger partial charge is 0.226 e. The molecule has 0 saturated heterocycles. The van der Waals surface area contributed by atoms with Gasteiger partial charge in [-0.15, -0.1) is 0 Å². The van der Waals surface area contributed by atoms with E-state index in [9.17, 15) is 4.39 Å². The Morgan fingerprint density at radius 1 is 1.44 bits per heavy atom. The van der Waals surface area contributed by atoms with Crippen molar-refractivity contribution in [3.8, 4) is 11.5 Å². The van der Waals surface area contributed by atoms with Gasteiger partial charge in [0.15, 0.2) is 0 Å². The molecule has 0 atom stereocenters. The van der Waals surface area contributed by atoms with Crippen LogP contribution < -0.4 is 5.32 Å². The average Bonchev–Trinajstić information content (AvgIpc) is 2.82. The first-order valence-corrected chi connectivity index (χ1v) is 6.60. The lowest BCUT2D eigenvalue weighted by Crippen LogP contribution is -2.13. The summed E-state index contributed by atoms with van der Waals surface area (Å²) in [6.07, 6.45) is 2.67. The molecule has 1 heterocycles. The van der Waals surface area contributed by atoms with Gasteiger partial charge < -0.3 is 9.73 Å². The molecule has 1 aromatic heterocycles. The summed E-state index contributed by atoms with van der Waals surface area (Å²) in [7, 11) is 0. The highest BCUT2D eigenvalue weighted by molar-refractivity contribution is 9.10. The zero-order chi connectivity index (χ0) is 13.0. The first kappa shape index (κ1) is 13.2. The van der Waals surface area contributed by atoms with Crippen LogP contribution in [0.2, 0.25) is 0 Å². The van der Waals surface area contributed by atoms with Gasteiger partial charge in [-0.25, -0.2) is 9.37 Å². The van der Waals surface area contributed by atoms with E-state index in [4.69, 9.17) is 4.42 Å². The van der Waals surface area contributed by atoms with Crippen molar-refractivity contribution in [2.45, 2.75) is 19.9 Å². The molecule has 0 aliphatic rings. The van der Waals surface area contributed by atoms with Crippen LogP contribution in [-0.2, 0) is 6.54 Å². The normalized spacial score (nSPS) is 10.8. The Morgan fingerprint density at radius 3 is 3.00 bits per heavy atom. The first-order valence-electron chi connectivity index (χ1n) is 5.81. The van der Waals surface area contributed by atoms with Crippen molar-refractivity contribution in [1.29, 1.82) is 0 Å². The minimum atomic E-state index is -0.323. The van der Waals surface area contributed by atoms with Gasteiger partial charge >= 0.3 is 0 Å². The predicted octanol–water partition coefficient (Wildman–Crippen LogP) is 3.74. The van der Waals surface area contributed by atoms with Gasteiger partial charge in [-0.2, -0.15) is 0 Å². The third-order valence-corrected chi connectivity index (χ3v) is 3.09. The third-order valence-electron chi connectivity index (χ3n) is 2.45. The van der Waals surface area contributed by atoms with E-state index in [-0.39, 0.29) is 5.82 Å². The van der Waals surface area contributed by atoms with E-state index in [1.54, 1.807) is 18.4 Å². The third kappa shape index (κ3) is 3.17. The Balaban J connectivity index is 2.11. The predicted molar refractivity (Wildman–Crippen MR) is 71.6 cm³/mol. The van der Waals surface area contributed by atoms with E-state index < -0.39 is 0 Å². The van der Waals surface area contributed by atoms with Crippen LogP contribution in [0.5, 0.6) is 0 Å². The van der Waals surface area contributed by atoms with Crippen molar-refractivity contribution >= 4 is 15.9 Å². The van der Waals surface area contributed by atoms with Crippen LogP contribution in [0.25, 0.3) is 11.5 Å². The molecule has 0 fully saturated rings. The fourth-order valence-electron chi connectivity index (χ4n) is 1.54. The van der Waals surface area contributed by atoms with Crippen LogP contribution in [0.3, 0.4) is 0 Å². The van der Waals surface area contributed by atoms with Gasteiger partial charge in [-0.1, -0.05) is 6.92 Å². The van der Waals surface area contributed by atoms with Crippen molar-refractivity contribution < 1.29 is 8.81 Å². The molecule has 0 radical (unpaired) electrons. The molecule has 5 heteroatoms. The van der Waals surface area contributed by atoms with Gasteiger partial charge in [0.2, 0.25) is 5.89 Å². The molecule has 96 valence electrons. The number of benzene rings is 1. The van der Waals surface area contributed by atoms with E-state index in [2.05, 4.69) is 33.2 Å². The molecule has 0 aliphatic carbocycles. The summed E-state index contributed by atoms with van der Waals surface area (Å²) in [5.41, 5.74) is 1.46. The van der Waals surface area contributed by atoms with Crippen LogP contribution in [-0.4, -0.2) is 11.5 Å². The van der Waals surface area contributed by atoms with E-state index in [1.807, 2.05) is 0 Å². The summed E-state index contributed by atoms with van der Waals surface area (Å²) in [6.45, 7) is 3.71. The second-order valence-corrected chi connectivity index (χ2v) is 4.80. The molecule has 0 amide bonds. The quantitative estimate of drug-likeness (QED) is 0.855. The molecule has 2 rings (SSSR count). The Hall–Kier alpha value is -1.20. The van der Waals surface area contributed by atoms with Crippen molar-refractivity contribution in [3.05, 3.63) is 40.4 Å². The lowest BCUT2D eigenvalue weighted by Gasteiger charge is -1.98. The lowest BCUT2D eigenvalue weighted by molar-refractivity contribution is 0.567. The number of hydrogen-bond acceptors (Lipinski definition) is 3. The maximum Gasteiger partial charge on any atom is 0.226 e. The molecule has 0 aliphatic heterocycles. The van der Waals surface area contributed by atoms with Crippen LogP contribution in [0.4, 0.5) is 4.39 Å². The van der Waals surface area contributed by atoms with Crippen molar-refractivity contribution in [3.63, 3.8) is 0 Å². The van der Waals surface area contributed by atoms with Gasteiger partial charge in [0.1, 0.15) is 12.1 Å². The van der Waals surface area contributed by atoms with E-state index in [0.29, 0.717) is 22.5 Å². The monoisotopic (exact) mass is 312 g/mol. The number of aromatic nitrogens is 1. The SMILES string of the molecule is CCCNCc1coc(-c2ccc(Br)c(F)c2)n1. The molecular formula is C13H14BrFN2O. The first-order chi connectivity index (χ1) is 8.70. The Bertz CT molecular complexity index is 527. The fourth-order valence-corrected chi connectivity index (χ4v) is 1.79. The number of nitrogens with zero attached hydrogens (tertiary/aromatic N) is 1. The Kier molecular flexibility index (Phi) is 4.49. The van der Waals surface area contributed by atoms with Gasteiger partial charge in [-0.3, -0.25) is 0 Å². The van der Waals surface area contributed by atoms with E-state index in [0.717, 1.165) is 18.7 Å². The summed E-state index contributed by atoms with van der Waals surface area (Å²) in [6, 6.07) is 4.81. The molecule has 18 heavy (non-hydrogen) atoms. The molecule has 0 spiro atoms. The molecule has 1 aromatic carbocycles. The second kappa shape index (κ2) is 6.11. The average molecular weight is 313 g/mol.